The molecule has 1 atom stereocenters. The van der Waals surface area contributed by atoms with Crippen LogP contribution in [0.5, 0.6) is 5.75 Å². The number of halogens is 1. The van der Waals surface area contributed by atoms with Gasteiger partial charge in [0, 0.05) is 12.0 Å². The Labute approximate surface area is 241 Å². The number of likely N-dealkylation sites (tertiary alicyclic amines) is 1. The molecule has 0 saturated carbocycles. The van der Waals surface area contributed by atoms with E-state index in [1.807, 2.05) is 13.0 Å². The first-order valence-electron chi connectivity index (χ1n) is 13.5. The molecule has 1 saturated heterocycles. The molecule has 1 aliphatic rings. The van der Waals surface area contributed by atoms with Crippen LogP contribution in [-0.2, 0) is 16.3 Å². The third kappa shape index (κ3) is 6.52. The van der Waals surface area contributed by atoms with Crippen molar-refractivity contribution < 1.29 is 18.6 Å². The first kappa shape index (κ1) is 30.0. The minimum atomic E-state index is -3.56. The van der Waals surface area contributed by atoms with Gasteiger partial charge in [0.2, 0.25) is 5.95 Å². The van der Waals surface area contributed by atoms with Crippen molar-refractivity contribution in [2.45, 2.75) is 69.1 Å². The number of sulfone groups is 1. The molecule has 0 radical (unpaired) electrons. The second-order valence-corrected chi connectivity index (χ2v) is 13.7. The third-order valence-corrected chi connectivity index (χ3v) is 9.82. The number of piperidine rings is 1. The topological polar surface area (TPSA) is 128 Å². The zero-order valence-electron chi connectivity index (χ0n) is 23.6. The largest absolute Gasteiger partial charge is 0.505 e. The number of nitrogens with zero attached hydrogens (tertiary/aromatic N) is 3. The highest BCUT2D eigenvalue weighted by Crippen LogP contribution is 2.42. The zero-order chi connectivity index (χ0) is 29.2. The van der Waals surface area contributed by atoms with Gasteiger partial charge in [-0.3, -0.25) is 0 Å². The van der Waals surface area contributed by atoms with Gasteiger partial charge in [-0.1, -0.05) is 23.7 Å². The summed E-state index contributed by atoms with van der Waals surface area (Å²) in [5.41, 5.74) is 3.61. The molecular weight excluding hydrogens is 550 g/mol. The van der Waals surface area contributed by atoms with E-state index < -0.39 is 21.2 Å². The zero-order valence-corrected chi connectivity index (χ0v) is 25.1. The average Bonchev–Trinajstić information content (AvgIpc) is 2.89. The van der Waals surface area contributed by atoms with Crippen molar-refractivity contribution in [3.05, 3.63) is 58.2 Å². The van der Waals surface area contributed by atoms with Crippen molar-refractivity contribution in [1.82, 2.24) is 14.9 Å². The smallest absolute Gasteiger partial charge is 0.229 e. The molecule has 0 bridgehead atoms. The van der Waals surface area contributed by atoms with E-state index in [1.165, 1.54) is 6.20 Å². The van der Waals surface area contributed by atoms with Gasteiger partial charge in [-0.05, 0) is 95.9 Å². The van der Waals surface area contributed by atoms with Crippen LogP contribution in [0.25, 0.3) is 0 Å². The van der Waals surface area contributed by atoms with Crippen molar-refractivity contribution in [3.63, 3.8) is 0 Å². The SMILES string of the molecule is Cc1cc(Nc2ncc(Cl)c(Nc3ccccc3S(=O)(=O)C(C)C)n2)c(O)c(C[C@@H](C)O)c1C1CCN(C)CC1. The Morgan fingerprint density at radius 2 is 1.80 bits per heavy atom. The Balaban J connectivity index is 1.68. The molecular formula is C29H38ClN5O4S. The quantitative estimate of drug-likeness (QED) is 0.238. The van der Waals surface area contributed by atoms with Crippen LogP contribution in [0.2, 0.25) is 5.02 Å². The molecule has 2 aromatic carbocycles. The number of anilines is 4. The molecule has 0 aliphatic carbocycles. The molecule has 1 aromatic heterocycles. The number of aryl methyl sites for hydroxylation is 1. The second-order valence-electron chi connectivity index (χ2n) is 10.8. The summed E-state index contributed by atoms with van der Waals surface area (Å²) in [6.45, 7) is 8.95. The van der Waals surface area contributed by atoms with E-state index in [0.29, 0.717) is 23.7 Å². The Morgan fingerprint density at radius 3 is 2.45 bits per heavy atom. The number of para-hydroxylation sites is 1. The van der Waals surface area contributed by atoms with Crippen molar-refractivity contribution in [1.29, 1.82) is 0 Å². The predicted molar refractivity (Wildman–Crippen MR) is 160 cm³/mol. The van der Waals surface area contributed by atoms with Crippen LogP contribution in [0, 0.1) is 6.92 Å². The molecule has 9 nitrogen and oxygen atoms in total. The first-order valence-corrected chi connectivity index (χ1v) is 15.4. The van der Waals surface area contributed by atoms with Crippen LogP contribution < -0.4 is 10.6 Å². The lowest BCUT2D eigenvalue weighted by atomic mass is 9.82. The number of aliphatic hydroxyl groups is 1. The van der Waals surface area contributed by atoms with Crippen LogP contribution in [-0.4, -0.2) is 65.0 Å². The minimum absolute atomic E-state index is 0.0573. The molecule has 2 heterocycles. The monoisotopic (exact) mass is 587 g/mol. The second kappa shape index (κ2) is 12.3. The summed E-state index contributed by atoms with van der Waals surface area (Å²) >= 11 is 6.39. The fraction of sp³-hybridized carbons (Fsp3) is 0.448. The Hall–Kier alpha value is -2.92. The lowest BCUT2D eigenvalue weighted by Crippen LogP contribution is -2.30. The summed E-state index contributed by atoms with van der Waals surface area (Å²) in [6, 6.07) is 8.47. The van der Waals surface area contributed by atoms with E-state index in [-0.39, 0.29) is 27.4 Å². The van der Waals surface area contributed by atoms with Crippen molar-refractivity contribution >= 4 is 44.6 Å². The maximum atomic E-state index is 12.9. The van der Waals surface area contributed by atoms with Crippen LogP contribution >= 0.6 is 11.6 Å². The molecule has 216 valence electrons. The minimum Gasteiger partial charge on any atom is -0.505 e. The number of nitrogens with one attached hydrogen (secondary N) is 2. The van der Waals surface area contributed by atoms with Gasteiger partial charge < -0.3 is 25.7 Å². The number of phenolic OH excluding ortho intramolecular Hbond substituents is 1. The van der Waals surface area contributed by atoms with Gasteiger partial charge in [0.05, 0.1) is 33.8 Å². The van der Waals surface area contributed by atoms with Gasteiger partial charge in [-0.15, -0.1) is 0 Å². The van der Waals surface area contributed by atoms with Gasteiger partial charge in [0.25, 0.3) is 0 Å². The number of aromatic nitrogens is 2. The molecule has 0 amide bonds. The molecule has 0 spiro atoms. The molecule has 11 heteroatoms. The highest BCUT2D eigenvalue weighted by molar-refractivity contribution is 7.92. The summed E-state index contributed by atoms with van der Waals surface area (Å²) in [5, 5.41) is 27.4. The van der Waals surface area contributed by atoms with Gasteiger partial charge in [0.1, 0.15) is 10.8 Å². The Morgan fingerprint density at radius 1 is 1.12 bits per heavy atom. The average molecular weight is 588 g/mol. The number of aromatic hydroxyl groups is 1. The third-order valence-electron chi connectivity index (χ3n) is 7.34. The summed E-state index contributed by atoms with van der Waals surface area (Å²) < 4.78 is 25.8. The maximum absolute atomic E-state index is 12.9. The lowest BCUT2D eigenvalue weighted by Gasteiger charge is -2.32. The summed E-state index contributed by atoms with van der Waals surface area (Å²) in [5.74, 6) is 0.742. The van der Waals surface area contributed by atoms with Crippen LogP contribution in [0.3, 0.4) is 0 Å². The number of benzene rings is 2. The summed E-state index contributed by atoms with van der Waals surface area (Å²) in [7, 11) is -1.45. The van der Waals surface area contributed by atoms with Crippen molar-refractivity contribution in [2.24, 2.45) is 0 Å². The van der Waals surface area contributed by atoms with E-state index in [2.05, 4.69) is 32.5 Å². The highest BCUT2D eigenvalue weighted by Gasteiger charge is 2.27. The standard InChI is InChI=1S/C29H38ClN5O4S/c1-17(2)40(38,39)25-9-7-6-8-23(25)32-28-22(30)16-31-29(34-28)33-24-14-18(3)26(20-10-12-35(5)13-11-20)21(27(24)37)15-19(4)36/h6-9,14,16-17,19-20,36-37H,10-13,15H2,1-5H3,(H2,31,32,33,34)/t19-/m1/s1. The van der Waals surface area contributed by atoms with Gasteiger partial charge >= 0.3 is 0 Å². The van der Waals surface area contributed by atoms with E-state index >= 15 is 0 Å². The lowest BCUT2D eigenvalue weighted by molar-refractivity contribution is 0.193. The maximum Gasteiger partial charge on any atom is 0.229 e. The van der Waals surface area contributed by atoms with Crippen molar-refractivity contribution in [3.8, 4) is 5.75 Å². The van der Waals surface area contributed by atoms with Crippen molar-refractivity contribution in [2.75, 3.05) is 30.8 Å². The fourth-order valence-corrected chi connectivity index (χ4v) is 6.53. The van der Waals surface area contributed by atoms with Crippen LogP contribution in [0.15, 0.2) is 41.4 Å². The van der Waals surface area contributed by atoms with E-state index in [1.54, 1.807) is 45.0 Å². The van der Waals surface area contributed by atoms with Gasteiger partial charge in [-0.25, -0.2) is 13.4 Å². The fourth-order valence-electron chi connectivity index (χ4n) is 5.19. The molecule has 40 heavy (non-hydrogen) atoms. The van der Waals surface area contributed by atoms with Crippen LogP contribution in [0.1, 0.15) is 56.2 Å². The number of aliphatic hydroxyl groups excluding tert-OH is 1. The van der Waals surface area contributed by atoms with E-state index in [4.69, 9.17) is 11.6 Å². The Bertz CT molecular complexity index is 1470. The molecule has 4 N–H and O–H groups in total. The molecule has 1 aliphatic heterocycles. The normalized spacial score (nSPS) is 15.8. The molecule has 0 unspecified atom stereocenters. The van der Waals surface area contributed by atoms with Gasteiger partial charge in [0.15, 0.2) is 15.7 Å². The molecule has 4 rings (SSSR count). The predicted octanol–water partition coefficient (Wildman–Crippen LogP) is 5.55. The summed E-state index contributed by atoms with van der Waals surface area (Å²) in [4.78, 5) is 11.2. The highest BCUT2D eigenvalue weighted by atomic mass is 35.5. The summed E-state index contributed by atoms with van der Waals surface area (Å²) in [6.07, 6.45) is 3.07. The number of rotatable bonds is 9. The number of phenols is 1. The number of hydrogen-bond acceptors (Lipinski definition) is 9. The van der Waals surface area contributed by atoms with E-state index in [0.717, 1.165) is 42.6 Å². The van der Waals surface area contributed by atoms with Gasteiger partial charge in [-0.2, -0.15) is 4.98 Å². The number of hydrogen-bond donors (Lipinski definition) is 4. The Kier molecular flexibility index (Phi) is 9.24. The van der Waals surface area contributed by atoms with Crippen LogP contribution in [0.4, 0.5) is 23.1 Å². The molecule has 1 fully saturated rings. The first-order chi connectivity index (χ1) is 18.9. The van der Waals surface area contributed by atoms with E-state index in [9.17, 15) is 18.6 Å². The molecule has 3 aromatic rings.